The average molecular weight is 304 g/mol. The van der Waals surface area contributed by atoms with Crippen LogP contribution < -0.4 is 5.32 Å². The molecule has 114 valence electrons. The molecule has 4 heteroatoms. The number of hydrogen-bond donors (Lipinski definition) is 2. The first-order valence-electron chi connectivity index (χ1n) is 7.73. The van der Waals surface area contributed by atoms with E-state index in [4.69, 9.17) is 0 Å². The Balaban J connectivity index is 1.54. The lowest BCUT2D eigenvalue weighted by atomic mass is 9.71. The summed E-state index contributed by atoms with van der Waals surface area (Å²) in [7, 11) is 0. The van der Waals surface area contributed by atoms with Gasteiger partial charge in [-0.3, -0.25) is 0 Å². The van der Waals surface area contributed by atoms with Crippen molar-refractivity contribution in [3.05, 3.63) is 29.3 Å². The van der Waals surface area contributed by atoms with Crippen molar-refractivity contribution in [3.8, 4) is 0 Å². The topological polar surface area (TPSA) is 45.1 Å². The summed E-state index contributed by atoms with van der Waals surface area (Å²) in [6.07, 6.45) is 4.00. The molecule has 2 aromatic rings. The number of hydrogen-bond acceptors (Lipinski definition) is 4. The maximum Gasteiger partial charge on any atom is 0.108 e. The Bertz CT molecular complexity index is 577. The summed E-state index contributed by atoms with van der Waals surface area (Å²) >= 11 is 1.73. The summed E-state index contributed by atoms with van der Waals surface area (Å²) in [5.41, 5.74) is 0.920. The van der Waals surface area contributed by atoms with E-state index in [0.717, 1.165) is 42.8 Å². The second-order valence-electron chi connectivity index (χ2n) is 7.07. The molecule has 0 aliphatic heterocycles. The van der Waals surface area contributed by atoms with Gasteiger partial charge >= 0.3 is 0 Å². The number of fused-ring (bicyclic) bond motifs is 1. The standard InChI is InChI=1S/C17H24N2OS/c1-16(2)7-9-17(20,10-8-16)12-18-11-15-19-13-5-3-4-6-14(13)21-15/h3-6,18,20H,7-12H2,1-2H3. The molecule has 1 saturated carbocycles. The zero-order chi connectivity index (χ0) is 14.9. The van der Waals surface area contributed by atoms with Gasteiger partial charge in [0.25, 0.3) is 0 Å². The fourth-order valence-electron chi connectivity index (χ4n) is 2.97. The zero-order valence-corrected chi connectivity index (χ0v) is 13.7. The van der Waals surface area contributed by atoms with Crippen LogP contribution in [0.1, 0.15) is 44.5 Å². The minimum atomic E-state index is -0.536. The maximum atomic E-state index is 10.6. The largest absolute Gasteiger partial charge is 0.389 e. The molecule has 1 fully saturated rings. The third kappa shape index (κ3) is 3.62. The van der Waals surface area contributed by atoms with E-state index < -0.39 is 5.60 Å². The zero-order valence-electron chi connectivity index (χ0n) is 12.9. The molecule has 1 aromatic heterocycles. The van der Waals surface area contributed by atoms with Gasteiger partial charge in [-0.25, -0.2) is 4.98 Å². The predicted octanol–water partition coefficient (Wildman–Crippen LogP) is 3.72. The van der Waals surface area contributed by atoms with Crippen molar-refractivity contribution in [1.82, 2.24) is 10.3 Å². The Morgan fingerprint density at radius 3 is 2.62 bits per heavy atom. The fraction of sp³-hybridized carbons (Fsp3) is 0.588. The number of nitrogens with one attached hydrogen (secondary N) is 1. The van der Waals surface area contributed by atoms with Gasteiger partial charge in [-0.1, -0.05) is 26.0 Å². The molecule has 1 aliphatic rings. The highest BCUT2D eigenvalue weighted by Gasteiger charge is 2.36. The van der Waals surface area contributed by atoms with Gasteiger partial charge < -0.3 is 10.4 Å². The normalized spacial score (nSPS) is 20.7. The van der Waals surface area contributed by atoms with Crippen molar-refractivity contribution in [2.75, 3.05) is 6.54 Å². The van der Waals surface area contributed by atoms with Crippen LogP contribution in [0.5, 0.6) is 0 Å². The summed E-state index contributed by atoms with van der Waals surface area (Å²) in [6, 6.07) is 8.22. The molecule has 21 heavy (non-hydrogen) atoms. The Hall–Kier alpha value is -0.970. The van der Waals surface area contributed by atoms with Gasteiger partial charge in [0.2, 0.25) is 0 Å². The summed E-state index contributed by atoms with van der Waals surface area (Å²) in [6.45, 7) is 5.99. The molecule has 0 radical (unpaired) electrons. The van der Waals surface area contributed by atoms with Crippen molar-refractivity contribution >= 4 is 21.6 Å². The molecule has 0 saturated heterocycles. The van der Waals surface area contributed by atoms with Crippen LogP contribution in [0.2, 0.25) is 0 Å². The minimum Gasteiger partial charge on any atom is -0.389 e. The first kappa shape index (κ1) is 14.9. The van der Waals surface area contributed by atoms with E-state index in [1.165, 1.54) is 4.70 Å². The third-order valence-corrected chi connectivity index (χ3v) is 5.64. The Labute approximate surface area is 130 Å². The van der Waals surface area contributed by atoms with Gasteiger partial charge in [-0.2, -0.15) is 0 Å². The summed E-state index contributed by atoms with van der Waals surface area (Å²) < 4.78 is 1.23. The lowest BCUT2D eigenvalue weighted by Crippen LogP contribution is -2.44. The van der Waals surface area contributed by atoms with E-state index in [1.54, 1.807) is 11.3 Å². The van der Waals surface area contributed by atoms with Gasteiger partial charge in [0, 0.05) is 13.1 Å². The highest BCUT2D eigenvalue weighted by molar-refractivity contribution is 7.18. The first-order valence-corrected chi connectivity index (χ1v) is 8.55. The van der Waals surface area contributed by atoms with Gasteiger partial charge in [-0.15, -0.1) is 11.3 Å². The number of rotatable bonds is 4. The SMILES string of the molecule is CC1(C)CCC(O)(CNCc2nc3ccccc3s2)CC1. The quantitative estimate of drug-likeness (QED) is 0.905. The third-order valence-electron chi connectivity index (χ3n) is 4.60. The molecular formula is C17H24N2OS. The average Bonchev–Trinajstić information content (AvgIpc) is 2.85. The molecule has 3 nitrogen and oxygen atoms in total. The van der Waals surface area contributed by atoms with Gasteiger partial charge in [0.1, 0.15) is 5.01 Å². The Morgan fingerprint density at radius 1 is 1.19 bits per heavy atom. The van der Waals surface area contributed by atoms with Crippen LogP contribution in [-0.2, 0) is 6.54 Å². The molecule has 1 heterocycles. The number of para-hydroxylation sites is 1. The molecule has 1 aliphatic carbocycles. The summed E-state index contributed by atoms with van der Waals surface area (Å²) in [5, 5.41) is 15.1. The van der Waals surface area contributed by atoms with E-state index in [1.807, 2.05) is 18.2 Å². The van der Waals surface area contributed by atoms with Crippen LogP contribution in [0.4, 0.5) is 0 Å². The summed E-state index contributed by atoms with van der Waals surface area (Å²) in [5.74, 6) is 0. The van der Waals surface area contributed by atoms with Gasteiger partial charge in [0.15, 0.2) is 0 Å². The Morgan fingerprint density at radius 2 is 1.90 bits per heavy atom. The van der Waals surface area contributed by atoms with Crippen LogP contribution >= 0.6 is 11.3 Å². The lowest BCUT2D eigenvalue weighted by molar-refractivity contribution is -0.0245. The first-order chi connectivity index (χ1) is 9.96. The van der Waals surface area contributed by atoms with Crippen molar-refractivity contribution in [2.24, 2.45) is 5.41 Å². The number of aliphatic hydroxyl groups is 1. The molecule has 0 amide bonds. The molecule has 0 spiro atoms. The second kappa shape index (κ2) is 5.67. The molecule has 3 rings (SSSR count). The van der Waals surface area contributed by atoms with Crippen molar-refractivity contribution in [2.45, 2.75) is 51.7 Å². The molecule has 0 bridgehead atoms. The lowest BCUT2D eigenvalue weighted by Gasteiger charge is -2.40. The molecule has 0 unspecified atom stereocenters. The van der Waals surface area contributed by atoms with Gasteiger partial charge in [0.05, 0.1) is 15.8 Å². The van der Waals surface area contributed by atoms with Gasteiger partial charge in [-0.05, 0) is 43.2 Å². The Kier molecular flexibility index (Phi) is 4.04. The van der Waals surface area contributed by atoms with Crippen LogP contribution in [-0.4, -0.2) is 22.2 Å². The van der Waals surface area contributed by atoms with Crippen molar-refractivity contribution in [1.29, 1.82) is 0 Å². The number of thiazole rings is 1. The maximum absolute atomic E-state index is 10.6. The highest BCUT2D eigenvalue weighted by Crippen LogP contribution is 2.39. The molecule has 2 N–H and O–H groups in total. The number of nitrogens with zero attached hydrogens (tertiary/aromatic N) is 1. The van der Waals surface area contributed by atoms with E-state index in [0.29, 0.717) is 12.0 Å². The molecule has 0 atom stereocenters. The monoisotopic (exact) mass is 304 g/mol. The molecule has 1 aromatic carbocycles. The van der Waals surface area contributed by atoms with Crippen molar-refractivity contribution < 1.29 is 5.11 Å². The molecular weight excluding hydrogens is 280 g/mol. The number of benzene rings is 1. The van der Waals surface area contributed by atoms with E-state index in [9.17, 15) is 5.11 Å². The smallest absolute Gasteiger partial charge is 0.108 e. The number of aromatic nitrogens is 1. The van der Waals surface area contributed by atoms with E-state index >= 15 is 0 Å². The van der Waals surface area contributed by atoms with Crippen LogP contribution in [0.3, 0.4) is 0 Å². The van der Waals surface area contributed by atoms with E-state index in [-0.39, 0.29) is 0 Å². The fourth-order valence-corrected chi connectivity index (χ4v) is 3.90. The summed E-state index contributed by atoms with van der Waals surface area (Å²) in [4.78, 5) is 4.62. The second-order valence-corrected chi connectivity index (χ2v) is 8.18. The predicted molar refractivity (Wildman–Crippen MR) is 88.5 cm³/mol. The highest BCUT2D eigenvalue weighted by atomic mass is 32.1. The van der Waals surface area contributed by atoms with Crippen LogP contribution in [0.15, 0.2) is 24.3 Å². The minimum absolute atomic E-state index is 0.388. The van der Waals surface area contributed by atoms with Crippen LogP contribution in [0.25, 0.3) is 10.2 Å². The van der Waals surface area contributed by atoms with E-state index in [2.05, 4.69) is 30.2 Å². The van der Waals surface area contributed by atoms with Crippen LogP contribution in [0, 0.1) is 5.41 Å². The van der Waals surface area contributed by atoms with Crippen molar-refractivity contribution in [3.63, 3.8) is 0 Å².